The Kier molecular flexibility index (Phi) is 9.16. The number of carbonyl (C=O) groups excluding carboxylic acids is 2. The molecule has 0 bridgehead atoms. The lowest BCUT2D eigenvalue weighted by molar-refractivity contribution is -0.130. The molecule has 0 heterocycles. The van der Waals surface area contributed by atoms with Gasteiger partial charge in [0.25, 0.3) is 0 Å². The SMILES string of the molecule is CC(C)CC(=O)NCCNC(=O)C(C)(C)CC(C)SC(=O)O. The second kappa shape index (κ2) is 9.71. The molecule has 2 amide bonds. The minimum Gasteiger partial charge on any atom is -0.473 e. The van der Waals surface area contributed by atoms with E-state index in [2.05, 4.69) is 10.6 Å². The van der Waals surface area contributed by atoms with Gasteiger partial charge in [0, 0.05) is 30.2 Å². The molecule has 22 heavy (non-hydrogen) atoms. The first kappa shape index (κ1) is 20.8. The maximum atomic E-state index is 12.1. The topological polar surface area (TPSA) is 95.5 Å². The number of carboxylic acid groups (broad SMARTS) is 1. The lowest BCUT2D eigenvalue weighted by Crippen LogP contribution is -2.42. The Balaban J connectivity index is 4.08. The molecule has 1 atom stereocenters. The molecule has 0 aromatic rings. The molecule has 0 aliphatic carbocycles. The molecule has 0 aromatic carbocycles. The van der Waals surface area contributed by atoms with Crippen LogP contribution in [0.15, 0.2) is 0 Å². The summed E-state index contributed by atoms with van der Waals surface area (Å²) in [4.78, 5) is 34.2. The highest BCUT2D eigenvalue weighted by atomic mass is 32.2. The Morgan fingerprint density at radius 3 is 2.14 bits per heavy atom. The van der Waals surface area contributed by atoms with Crippen LogP contribution in [0, 0.1) is 11.3 Å². The van der Waals surface area contributed by atoms with Crippen molar-refractivity contribution in [2.45, 2.75) is 52.7 Å². The van der Waals surface area contributed by atoms with Crippen LogP contribution < -0.4 is 10.6 Å². The van der Waals surface area contributed by atoms with Crippen molar-refractivity contribution >= 4 is 28.9 Å². The maximum absolute atomic E-state index is 12.1. The fraction of sp³-hybridized carbons (Fsp3) is 0.800. The van der Waals surface area contributed by atoms with Crippen molar-refractivity contribution in [3.05, 3.63) is 0 Å². The Bertz CT molecular complexity index is 397. The zero-order chi connectivity index (χ0) is 17.3. The Labute approximate surface area is 136 Å². The molecule has 0 rings (SSSR count). The monoisotopic (exact) mass is 332 g/mol. The average molecular weight is 332 g/mol. The van der Waals surface area contributed by atoms with Gasteiger partial charge in [-0.2, -0.15) is 0 Å². The summed E-state index contributed by atoms with van der Waals surface area (Å²) >= 11 is 0.816. The minimum absolute atomic E-state index is 0.0185. The van der Waals surface area contributed by atoms with E-state index in [4.69, 9.17) is 5.11 Å². The molecule has 0 aliphatic rings. The molecule has 0 aliphatic heterocycles. The van der Waals surface area contributed by atoms with E-state index in [0.29, 0.717) is 31.8 Å². The predicted octanol–water partition coefficient (Wildman–Crippen LogP) is 2.48. The highest BCUT2D eigenvalue weighted by molar-refractivity contribution is 8.13. The van der Waals surface area contributed by atoms with Gasteiger partial charge in [0.2, 0.25) is 11.8 Å². The van der Waals surface area contributed by atoms with Crippen LogP contribution in [0.3, 0.4) is 0 Å². The fourth-order valence-corrected chi connectivity index (χ4v) is 2.93. The van der Waals surface area contributed by atoms with Crippen molar-refractivity contribution in [3.8, 4) is 0 Å². The highest BCUT2D eigenvalue weighted by Crippen LogP contribution is 2.28. The van der Waals surface area contributed by atoms with Crippen molar-refractivity contribution < 1.29 is 19.5 Å². The number of thioether (sulfide) groups is 1. The summed E-state index contributed by atoms with van der Waals surface area (Å²) in [5.74, 6) is 0.153. The van der Waals surface area contributed by atoms with E-state index in [9.17, 15) is 14.4 Å². The average Bonchev–Trinajstić information content (AvgIpc) is 2.31. The molecule has 128 valence electrons. The smallest absolute Gasteiger partial charge is 0.365 e. The molecule has 0 saturated heterocycles. The third kappa shape index (κ3) is 9.65. The minimum atomic E-state index is -0.934. The Morgan fingerprint density at radius 1 is 1.09 bits per heavy atom. The van der Waals surface area contributed by atoms with Crippen molar-refractivity contribution in [2.75, 3.05) is 13.1 Å². The first-order chi connectivity index (χ1) is 10.0. The summed E-state index contributed by atoms with van der Waals surface area (Å²) in [6.45, 7) is 10.1. The molecule has 0 aromatic heterocycles. The zero-order valence-electron chi connectivity index (χ0n) is 14.1. The van der Waals surface area contributed by atoms with Crippen molar-refractivity contribution in [2.24, 2.45) is 11.3 Å². The zero-order valence-corrected chi connectivity index (χ0v) is 14.9. The van der Waals surface area contributed by atoms with E-state index in [1.807, 2.05) is 13.8 Å². The summed E-state index contributed by atoms with van der Waals surface area (Å²) < 4.78 is 0. The van der Waals surface area contributed by atoms with Gasteiger partial charge in [-0.25, -0.2) is 4.79 Å². The highest BCUT2D eigenvalue weighted by Gasteiger charge is 2.30. The Morgan fingerprint density at radius 2 is 1.64 bits per heavy atom. The van der Waals surface area contributed by atoms with E-state index >= 15 is 0 Å². The van der Waals surface area contributed by atoms with Gasteiger partial charge < -0.3 is 15.7 Å². The molecule has 0 radical (unpaired) electrons. The molecular formula is C15H28N2O4S. The Hall–Kier alpha value is -1.24. The summed E-state index contributed by atoms with van der Waals surface area (Å²) in [7, 11) is 0. The van der Waals surface area contributed by atoms with Crippen LogP contribution >= 0.6 is 11.8 Å². The summed E-state index contributed by atoms with van der Waals surface area (Å²) in [5.41, 5.74) is -0.649. The lowest BCUT2D eigenvalue weighted by atomic mass is 9.87. The van der Waals surface area contributed by atoms with Gasteiger partial charge in [-0.15, -0.1) is 0 Å². The molecule has 1 unspecified atom stereocenters. The molecule has 6 nitrogen and oxygen atoms in total. The van der Waals surface area contributed by atoms with E-state index in [1.165, 1.54) is 0 Å². The van der Waals surface area contributed by atoms with Crippen LogP contribution in [-0.2, 0) is 9.59 Å². The first-order valence-corrected chi connectivity index (χ1v) is 8.37. The number of nitrogens with one attached hydrogen (secondary N) is 2. The second-order valence-corrected chi connectivity index (χ2v) is 7.88. The van der Waals surface area contributed by atoms with Gasteiger partial charge in [-0.05, 0) is 24.1 Å². The standard InChI is InChI=1S/C15H28N2O4S/c1-10(2)8-12(18)16-6-7-17-13(19)15(4,5)9-11(3)22-14(20)21/h10-11H,6-9H2,1-5H3,(H,16,18)(H,17,19)(H,20,21). The van der Waals surface area contributed by atoms with Crippen LogP contribution in [0.2, 0.25) is 0 Å². The lowest BCUT2D eigenvalue weighted by Gasteiger charge is -2.26. The van der Waals surface area contributed by atoms with Crippen LogP contribution in [0.25, 0.3) is 0 Å². The van der Waals surface area contributed by atoms with Crippen molar-refractivity contribution in [1.29, 1.82) is 0 Å². The first-order valence-electron chi connectivity index (χ1n) is 7.49. The van der Waals surface area contributed by atoms with Crippen LogP contribution in [-0.4, -0.2) is 40.6 Å². The molecule has 3 N–H and O–H groups in total. The van der Waals surface area contributed by atoms with Gasteiger partial charge in [0.1, 0.15) is 0 Å². The maximum Gasteiger partial charge on any atom is 0.365 e. The summed E-state index contributed by atoms with van der Waals surface area (Å²) in [5, 5.41) is 13.2. The summed E-state index contributed by atoms with van der Waals surface area (Å²) in [6.07, 6.45) is 0.943. The molecule has 0 spiro atoms. The largest absolute Gasteiger partial charge is 0.473 e. The summed E-state index contributed by atoms with van der Waals surface area (Å²) in [6, 6.07) is 0. The number of hydrogen-bond donors (Lipinski definition) is 3. The van der Waals surface area contributed by atoms with E-state index in [0.717, 1.165) is 11.8 Å². The number of carbonyl (C=O) groups is 3. The second-order valence-electron chi connectivity index (χ2n) is 6.49. The molecular weight excluding hydrogens is 304 g/mol. The van der Waals surface area contributed by atoms with Gasteiger partial charge in [0.05, 0.1) is 0 Å². The quantitative estimate of drug-likeness (QED) is 0.564. The van der Waals surface area contributed by atoms with E-state index < -0.39 is 10.7 Å². The third-order valence-electron chi connectivity index (χ3n) is 3.04. The van der Waals surface area contributed by atoms with E-state index in [-0.39, 0.29) is 17.1 Å². The van der Waals surface area contributed by atoms with Gasteiger partial charge in [0.15, 0.2) is 0 Å². The molecule has 7 heteroatoms. The number of amides is 2. The predicted molar refractivity (Wildman–Crippen MR) is 89.0 cm³/mol. The van der Waals surface area contributed by atoms with Crippen LogP contribution in [0.5, 0.6) is 0 Å². The van der Waals surface area contributed by atoms with Crippen molar-refractivity contribution in [3.63, 3.8) is 0 Å². The van der Waals surface area contributed by atoms with Crippen molar-refractivity contribution in [1.82, 2.24) is 10.6 Å². The molecule has 0 fully saturated rings. The fourth-order valence-electron chi connectivity index (χ4n) is 2.09. The third-order valence-corrected chi connectivity index (χ3v) is 3.81. The van der Waals surface area contributed by atoms with E-state index in [1.54, 1.807) is 20.8 Å². The van der Waals surface area contributed by atoms with Crippen LogP contribution in [0.4, 0.5) is 4.79 Å². The molecule has 0 saturated carbocycles. The normalized spacial score (nSPS) is 12.8. The number of hydrogen-bond acceptors (Lipinski definition) is 4. The van der Waals surface area contributed by atoms with Gasteiger partial charge in [-0.3, -0.25) is 9.59 Å². The van der Waals surface area contributed by atoms with Crippen LogP contribution in [0.1, 0.15) is 47.5 Å². The van der Waals surface area contributed by atoms with Gasteiger partial charge >= 0.3 is 5.30 Å². The van der Waals surface area contributed by atoms with Gasteiger partial charge in [-0.1, -0.05) is 34.6 Å². The number of rotatable bonds is 9.